The maximum atomic E-state index is 10.5. The monoisotopic (exact) mass is 239 g/mol. The fourth-order valence-corrected chi connectivity index (χ4v) is 1.66. The number of rotatable bonds is 3. The van der Waals surface area contributed by atoms with Crippen molar-refractivity contribution in [3.63, 3.8) is 0 Å². The van der Waals surface area contributed by atoms with Crippen molar-refractivity contribution in [1.82, 2.24) is 0 Å². The van der Waals surface area contributed by atoms with Gasteiger partial charge in [0.15, 0.2) is 0 Å². The van der Waals surface area contributed by atoms with Crippen molar-refractivity contribution >= 4 is 17.7 Å². The zero-order valence-corrected chi connectivity index (χ0v) is 9.71. The van der Waals surface area contributed by atoms with Crippen molar-refractivity contribution in [2.75, 3.05) is 5.73 Å². The summed E-state index contributed by atoms with van der Waals surface area (Å²) in [4.78, 5) is 10.5. The van der Waals surface area contributed by atoms with Gasteiger partial charge in [-0.05, 0) is 41.0 Å². The third kappa shape index (κ3) is 2.98. The van der Waals surface area contributed by atoms with Gasteiger partial charge in [-0.3, -0.25) is 0 Å². The molecule has 0 aromatic heterocycles. The van der Waals surface area contributed by atoms with Gasteiger partial charge in [0.1, 0.15) is 0 Å². The fourth-order valence-electron chi connectivity index (χ4n) is 1.66. The van der Waals surface area contributed by atoms with Crippen LogP contribution in [0.1, 0.15) is 5.56 Å². The summed E-state index contributed by atoms with van der Waals surface area (Å²) in [5.74, 6) is -0.951. The zero-order chi connectivity index (χ0) is 13.0. The van der Waals surface area contributed by atoms with E-state index in [0.717, 1.165) is 28.5 Å². The average Bonchev–Trinajstić information content (AvgIpc) is 2.37. The Morgan fingerprint density at radius 1 is 1.06 bits per heavy atom. The van der Waals surface area contributed by atoms with Crippen molar-refractivity contribution in [2.45, 2.75) is 0 Å². The van der Waals surface area contributed by atoms with E-state index in [2.05, 4.69) is 0 Å². The van der Waals surface area contributed by atoms with E-state index in [0.29, 0.717) is 0 Å². The van der Waals surface area contributed by atoms with Crippen LogP contribution in [0.2, 0.25) is 0 Å². The Bertz CT molecular complexity index is 586. The lowest BCUT2D eigenvalue weighted by molar-refractivity contribution is -0.131. The van der Waals surface area contributed by atoms with Crippen LogP contribution in [0.15, 0.2) is 54.6 Å². The Morgan fingerprint density at radius 2 is 1.78 bits per heavy atom. The van der Waals surface area contributed by atoms with Gasteiger partial charge in [0.25, 0.3) is 0 Å². The van der Waals surface area contributed by atoms with E-state index >= 15 is 0 Å². The minimum Gasteiger partial charge on any atom is -0.478 e. The van der Waals surface area contributed by atoms with Crippen LogP contribution in [0.5, 0.6) is 0 Å². The van der Waals surface area contributed by atoms with Crippen LogP contribution >= 0.6 is 0 Å². The highest BCUT2D eigenvalue weighted by molar-refractivity contribution is 5.85. The number of nitrogen functional groups attached to an aromatic ring is 1. The Balaban J connectivity index is 2.32. The summed E-state index contributed by atoms with van der Waals surface area (Å²) in [5, 5.41) is 8.59. The van der Waals surface area contributed by atoms with E-state index in [-0.39, 0.29) is 0 Å². The molecule has 0 unspecified atom stereocenters. The summed E-state index contributed by atoms with van der Waals surface area (Å²) in [6.07, 6.45) is 2.70. The normalized spacial score (nSPS) is 10.7. The van der Waals surface area contributed by atoms with Gasteiger partial charge in [0.05, 0.1) is 0 Å². The summed E-state index contributed by atoms with van der Waals surface area (Å²) in [7, 11) is 0. The predicted octanol–water partition coefficient (Wildman–Crippen LogP) is 3.03. The largest absolute Gasteiger partial charge is 0.478 e. The molecule has 0 aliphatic rings. The molecule has 3 nitrogen and oxygen atoms in total. The summed E-state index contributed by atoms with van der Waals surface area (Å²) < 4.78 is 0. The van der Waals surface area contributed by atoms with Gasteiger partial charge < -0.3 is 10.8 Å². The Hall–Kier alpha value is -2.55. The second-order valence-corrected chi connectivity index (χ2v) is 3.92. The van der Waals surface area contributed by atoms with Gasteiger partial charge in [-0.1, -0.05) is 30.3 Å². The molecule has 0 aliphatic carbocycles. The Kier molecular flexibility index (Phi) is 3.44. The van der Waals surface area contributed by atoms with Crippen LogP contribution in [0, 0.1) is 0 Å². The fraction of sp³-hybridized carbons (Fsp3) is 0. The Morgan fingerprint density at radius 3 is 2.44 bits per heavy atom. The zero-order valence-electron chi connectivity index (χ0n) is 9.71. The first-order chi connectivity index (χ1) is 8.65. The third-order valence-corrected chi connectivity index (χ3v) is 2.55. The lowest BCUT2D eigenvalue weighted by atomic mass is 10.0. The van der Waals surface area contributed by atoms with Gasteiger partial charge >= 0.3 is 5.97 Å². The summed E-state index contributed by atoms with van der Waals surface area (Å²) in [6.45, 7) is 0. The van der Waals surface area contributed by atoms with Gasteiger partial charge in [0, 0.05) is 11.8 Å². The number of nitrogens with two attached hydrogens (primary N) is 1. The molecule has 0 spiro atoms. The molecule has 0 saturated carbocycles. The van der Waals surface area contributed by atoms with Gasteiger partial charge in [-0.15, -0.1) is 0 Å². The first-order valence-electron chi connectivity index (χ1n) is 5.52. The number of aliphatic carboxylic acids is 1. The summed E-state index contributed by atoms with van der Waals surface area (Å²) in [5.41, 5.74) is 9.30. The number of carboxylic acid groups (broad SMARTS) is 1. The molecule has 0 radical (unpaired) electrons. The van der Waals surface area contributed by atoms with Gasteiger partial charge in [-0.2, -0.15) is 0 Å². The second-order valence-electron chi connectivity index (χ2n) is 3.92. The third-order valence-electron chi connectivity index (χ3n) is 2.55. The van der Waals surface area contributed by atoms with E-state index in [9.17, 15) is 4.79 Å². The van der Waals surface area contributed by atoms with E-state index in [1.54, 1.807) is 6.08 Å². The minimum absolute atomic E-state index is 0.723. The molecule has 0 atom stereocenters. The number of hydrogen-bond donors (Lipinski definition) is 2. The molecular formula is C15H13NO2. The number of carboxylic acids is 1. The smallest absolute Gasteiger partial charge is 0.328 e. The first-order valence-corrected chi connectivity index (χ1v) is 5.52. The van der Waals surface area contributed by atoms with E-state index in [1.807, 2.05) is 48.5 Å². The number of benzene rings is 2. The number of anilines is 1. The first kappa shape index (κ1) is 11.9. The lowest BCUT2D eigenvalue weighted by Crippen LogP contribution is -1.86. The molecular weight excluding hydrogens is 226 g/mol. The SMILES string of the molecule is Nc1ccc(-c2cccc(/C=C/C(=O)O)c2)cc1. The standard InChI is InChI=1S/C15H13NO2/c16-14-7-5-12(6-8-14)13-3-1-2-11(10-13)4-9-15(17)18/h1-10H,16H2,(H,17,18)/b9-4+. The maximum absolute atomic E-state index is 10.5. The summed E-state index contributed by atoms with van der Waals surface area (Å²) >= 11 is 0. The molecule has 2 aromatic rings. The summed E-state index contributed by atoms with van der Waals surface area (Å²) in [6, 6.07) is 15.2. The minimum atomic E-state index is -0.951. The maximum Gasteiger partial charge on any atom is 0.328 e. The van der Waals surface area contributed by atoms with Crippen molar-refractivity contribution < 1.29 is 9.90 Å². The Labute approximate surface area is 105 Å². The van der Waals surface area contributed by atoms with E-state index in [1.165, 1.54) is 0 Å². The van der Waals surface area contributed by atoms with E-state index in [4.69, 9.17) is 10.8 Å². The molecule has 0 fully saturated rings. The molecule has 2 aromatic carbocycles. The molecule has 2 rings (SSSR count). The van der Waals surface area contributed by atoms with Crippen molar-refractivity contribution in [3.05, 3.63) is 60.2 Å². The molecule has 0 amide bonds. The molecule has 0 aliphatic heterocycles. The highest BCUT2D eigenvalue weighted by atomic mass is 16.4. The van der Waals surface area contributed by atoms with E-state index < -0.39 is 5.97 Å². The van der Waals surface area contributed by atoms with Crippen molar-refractivity contribution in [3.8, 4) is 11.1 Å². The lowest BCUT2D eigenvalue weighted by Gasteiger charge is -2.03. The average molecular weight is 239 g/mol. The van der Waals surface area contributed by atoms with Crippen LogP contribution < -0.4 is 5.73 Å². The second kappa shape index (κ2) is 5.19. The molecule has 3 heteroatoms. The van der Waals surface area contributed by atoms with Crippen LogP contribution in [0.4, 0.5) is 5.69 Å². The molecule has 0 saturated heterocycles. The van der Waals surface area contributed by atoms with Crippen LogP contribution in [-0.4, -0.2) is 11.1 Å². The highest BCUT2D eigenvalue weighted by Crippen LogP contribution is 2.22. The number of carbonyl (C=O) groups is 1. The van der Waals surface area contributed by atoms with Crippen LogP contribution in [-0.2, 0) is 4.79 Å². The quantitative estimate of drug-likeness (QED) is 0.639. The number of hydrogen-bond acceptors (Lipinski definition) is 2. The molecule has 0 bridgehead atoms. The topological polar surface area (TPSA) is 63.3 Å². The molecule has 3 N–H and O–H groups in total. The van der Waals surface area contributed by atoms with Crippen molar-refractivity contribution in [2.24, 2.45) is 0 Å². The van der Waals surface area contributed by atoms with Crippen molar-refractivity contribution in [1.29, 1.82) is 0 Å². The molecule has 0 heterocycles. The van der Waals surface area contributed by atoms with Crippen LogP contribution in [0.3, 0.4) is 0 Å². The van der Waals surface area contributed by atoms with Crippen LogP contribution in [0.25, 0.3) is 17.2 Å². The van der Waals surface area contributed by atoms with Gasteiger partial charge in [-0.25, -0.2) is 4.79 Å². The van der Waals surface area contributed by atoms with Gasteiger partial charge in [0.2, 0.25) is 0 Å². The molecule has 90 valence electrons. The predicted molar refractivity (Wildman–Crippen MR) is 73.0 cm³/mol. The molecule has 18 heavy (non-hydrogen) atoms. The highest BCUT2D eigenvalue weighted by Gasteiger charge is 1.98.